The summed E-state index contributed by atoms with van der Waals surface area (Å²) in [6.45, 7) is 6.99. The van der Waals surface area contributed by atoms with Crippen LogP contribution in [-0.4, -0.2) is 3.71 Å². The molecule has 2 aliphatic rings. The van der Waals surface area contributed by atoms with Gasteiger partial charge in [-0.05, 0) is 0 Å². The topological polar surface area (TPSA) is 0 Å². The minimum atomic E-state index is -2.85. The van der Waals surface area contributed by atoms with E-state index in [2.05, 4.69) is 108 Å². The van der Waals surface area contributed by atoms with E-state index in [-0.39, 0.29) is 30.2 Å². The SMILES string of the molecule is CC(C)(C)C1=CC[C]([Zr]([CH3])(=[CH]c2ccccc2)[CH]2C=Cc3ccccc32)=C1.Cl.Cl. The van der Waals surface area contributed by atoms with Crippen LogP contribution < -0.4 is 0 Å². The van der Waals surface area contributed by atoms with Crippen molar-refractivity contribution in [1.29, 1.82) is 0 Å². The van der Waals surface area contributed by atoms with Gasteiger partial charge < -0.3 is 0 Å². The molecular weight excluding hydrogens is 474 g/mol. The van der Waals surface area contributed by atoms with E-state index < -0.39 is 19.8 Å². The standard InChI is InChI=1S/C9H7.C9H13.C7H6.CH3.2ClH.Zr/c1-2-5-9-7-3-6-8(9)4-1;1-9(2,3)8-6-4-5-7-8;1-7-5-3-2-4-6-7;;;;/h1-7H;6-7H,4H2,1-3H3;1-6H;1H3;2*1H;. The van der Waals surface area contributed by atoms with E-state index in [4.69, 9.17) is 0 Å². The molecule has 4 rings (SSSR count). The summed E-state index contributed by atoms with van der Waals surface area (Å²) >= 11 is -2.85. The van der Waals surface area contributed by atoms with Crippen LogP contribution in [-0.2, 0) is 19.8 Å². The summed E-state index contributed by atoms with van der Waals surface area (Å²) in [6, 6.07) is 20.0. The first-order valence-electron chi connectivity index (χ1n) is 9.98. The van der Waals surface area contributed by atoms with E-state index in [1.807, 2.05) is 0 Å². The fraction of sp³-hybridized carbons (Fsp3) is 0.269. The zero-order chi connectivity index (χ0) is 19.1. The van der Waals surface area contributed by atoms with E-state index in [1.54, 1.807) is 3.28 Å². The maximum absolute atomic E-state index is 2.85. The van der Waals surface area contributed by atoms with Crippen LogP contribution in [0.4, 0.5) is 0 Å². The monoisotopic (exact) mass is 503 g/mol. The molecule has 0 nitrogen and oxygen atoms in total. The van der Waals surface area contributed by atoms with Crippen LogP contribution >= 0.6 is 24.8 Å². The van der Waals surface area contributed by atoms with E-state index in [0.29, 0.717) is 3.63 Å². The molecule has 0 fully saturated rings. The van der Waals surface area contributed by atoms with Gasteiger partial charge in [0.25, 0.3) is 0 Å². The number of halogens is 2. The molecule has 2 aliphatic carbocycles. The van der Waals surface area contributed by atoms with Crippen LogP contribution in [0.2, 0.25) is 4.63 Å². The maximum atomic E-state index is 2.69. The van der Waals surface area contributed by atoms with Crippen LogP contribution in [0.25, 0.3) is 6.08 Å². The predicted molar refractivity (Wildman–Crippen MR) is 130 cm³/mol. The summed E-state index contributed by atoms with van der Waals surface area (Å²) < 4.78 is 7.63. The Morgan fingerprint density at radius 2 is 1.59 bits per heavy atom. The Hall–Kier alpha value is -1.01. The third-order valence-corrected chi connectivity index (χ3v) is 17.1. The van der Waals surface area contributed by atoms with Gasteiger partial charge in [-0.25, -0.2) is 0 Å². The molecule has 2 aromatic carbocycles. The molecule has 0 spiro atoms. The van der Waals surface area contributed by atoms with Crippen LogP contribution in [0, 0.1) is 5.41 Å². The molecule has 0 bridgehead atoms. The summed E-state index contributed by atoms with van der Waals surface area (Å²) in [4.78, 5) is 0. The molecular formula is C26H31Cl2Zr. The van der Waals surface area contributed by atoms with Crippen molar-refractivity contribution in [3.8, 4) is 0 Å². The maximum Gasteiger partial charge on any atom is -0.147 e. The number of fused-ring (bicyclic) bond motifs is 1. The van der Waals surface area contributed by atoms with Gasteiger partial charge in [0.05, 0.1) is 0 Å². The minimum absolute atomic E-state index is 0. The van der Waals surface area contributed by atoms with Gasteiger partial charge in [0.2, 0.25) is 0 Å². The second-order valence-electron chi connectivity index (χ2n) is 9.09. The molecule has 0 saturated carbocycles. The molecule has 0 heterocycles. The Morgan fingerprint density at radius 1 is 0.931 bits per heavy atom. The molecule has 0 saturated heterocycles. The largest absolute Gasteiger partial charge is 0.147 e. The van der Waals surface area contributed by atoms with Gasteiger partial charge in [-0.2, -0.15) is 0 Å². The summed E-state index contributed by atoms with van der Waals surface area (Å²) in [7, 11) is 0. The van der Waals surface area contributed by atoms with Crippen LogP contribution in [0.1, 0.15) is 47.5 Å². The summed E-state index contributed by atoms with van der Waals surface area (Å²) in [6.07, 6.45) is 11.0. The molecule has 0 aliphatic heterocycles. The normalized spacial score (nSPS) is 19.2. The van der Waals surface area contributed by atoms with Crippen molar-refractivity contribution < 1.29 is 19.8 Å². The molecule has 0 aromatic heterocycles. The number of rotatable bonds is 3. The first-order valence-corrected chi connectivity index (χ1v) is 16.5. The van der Waals surface area contributed by atoms with E-state index in [0.717, 1.165) is 6.42 Å². The smallest absolute Gasteiger partial charge is 0.147 e. The second-order valence-corrected chi connectivity index (χ2v) is 19.2. The van der Waals surface area contributed by atoms with E-state index >= 15 is 0 Å². The summed E-state index contributed by atoms with van der Waals surface area (Å²) in [5.41, 5.74) is 6.07. The van der Waals surface area contributed by atoms with Crippen molar-refractivity contribution in [3.05, 3.63) is 98.4 Å². The van der Waals surface area contributed by atoms with Crippen LogP contribution in [0.5, 0.6) is 0 Å². The van der Waals surface area contributed by atoms with Gasteiger partial charge in [0, 0.05) is 0 Å². The fourth-order valence-corrected chi connectivity index (χ4v) is 14.5. The Morgan fingerprint density at radius 3 is 2.24 bits per heavy atom. The average molecular weight is 506 g/mol. The summed E-state index contributed by atoms with van der Waals surface area (Å²) in [5, 5.41) is 0. The fourth-order valence-electron chi connectivity index (χ4n) is 4.47. The average Bonchev–Trinajstić information content (AvgIpc) is 3.30. The molecule has 153 valence electrons. The van der Waals surface area contributed by atoms with Crippen molar-refractivity contribution in [2.45, 2.75) is 35.4 Å². The molecule has 29 heavy (non-hydrogen) atoms. The Kier molecular flexibility index (Phi) is 7.88. The molecule has 2 aromatic rings. The van der Waals surface area contributed by atoms with Gasteiger partial charge >= 0.3 is 169 Å². The van der Waals surface area contributed by atoms with Gasteiger partial charge in [-0.3, -0.25) is 0 Å². The Labute approximate surface area is 192 Å². The number of hydrogen-bond acceptors (Lipinski definition) is 0. The number of benzene rings is 2. The molecule has 3 heteroatoms. The van der Waals surface area contributed by atoms with Crippen molar-refractivity contribution >= 4 is 34.6 Å². The third kappa shape index (κ3) is 4.84. The molecule has 2 atom stereocenters. The third-order valence-electron chi connectivity index (χ3n) is 6.14. The number of hydrogen-bond donors (Lipinski definition) is 0. The predicted octanol–water partition coefficient (Wildman–Crippen LogP) is 7.91. The van der Waals surface area contributed by atoms with Crippen LogP contribution in [0.15, 0.2) is 81.7 Å². The minimum Gasteiger partial charge on any atom is -0.147 e. The van der Waals surface area contributed by atoms with Gasteiger partial charge in [-0.15, -0.1) is 24.8 Å². The van der Waals surface area contributed by atoms with Crippen molar-refractivity contribution in [1.82, 2.24) is 0 Å². The molecule has 2 unspecified atom stereocenters. The zero-order valence-electron chi connectivity index (χ0n) is 17.7. The van der Waals surface area contributed by atoms with Gasteiger partial charge in [0.15, 0.2) is 0 Å². The van der Waals surface area contributed by atoms with E-state index in [9.17, 15) is 0 Å². The number of allylic oxidation sites excluding steroid dienone is 5. The van der Waals surface area contributed by atoms with Crippen molar-refractivity contribution in [3.63, 3.8) is 0 Å². The van der Waals surface area contributed by atoms with Crippen molar-refractivity contribution in [2.75, 3.05) is 0 Å². The summed E-state index contributed by atoms with van der Waals surface area (Å²) in [5.74, 6) is 0. The van der Waals surface area contributed by atoms with E-state index in [1.165, 1.54) is 22.3 Å². The first-order chi connectivity index (χ1) is 12.9. The first kappa shape index (κ1) is 24.3. The second kappa shape index (κ2) is 9.42. The molecule has 0 radical (unpaired) electrons. The molecule has 0 N–H and O–H groups in total. The Bertz CT molecular complexity index is 1000. The van der Waals surface area contributed by atoms with Crippen LogP contribution in [0.3, 0.4) is 0 Å². The quantitative estimate of drug-likeness (QED) is 0.398. The molecule has 0 amide bonds. The van der Waals surface area contributed by atoms with Crippen molar-refractivity contribution in [2.24, 2.45) is 5.41 Å². The van der Waals surface area contributed by atoms with Gasteiger partial charge in [-0.1, -0.05) is 0 Å². The Balaban J connectivity index is 0.00000150. The zero-order valence-corrected chi connectivity index (χ0v) is 21.8. The van der Waals surface area contributed by atoms with Gasteiger partial charge in [0.1, 0.15) is 0 Å².